The van der Waals surface area contributed by atoms with E-state index < -0.39 is 0 Å². The van der Waals surface area contributed by atoms with Gasteiger partial charge in [0.25, 0.3) is 0 Å². The lowest BCUT2D eigenvalue weighted by Gasteiger charge is -2.09. The van der Waals surface area contributed by atoms with Crippen LogP contribution in [0.2, 0.25) is 5.02 Å². The van der Waals surface area contributed by atoms with E-state index in [1.54, 1.807) is 6.08 Å². The summed E-state index contributed by atoms with van der Waals surface area (Å²) in [5, 5.41) is 0.768. The molecule has 0 N–H and O–H groups in total. The van der Waals surface area contributed by atoms with Crippen molar-refractivity contribution >= 4 is 11.6 Å². The summed E-state index contributed by atoms with van der Waals surface area (Å²) in [5.74, 6) is 0.935. The Hall–Kier alpha value is -0.950. The van der Waals surface area contributed by atoms with Gasteiger partial charge in [-0.2, -0.15) is 0 Å². The summed E-state index contributed by atoms with van der Waals surface area (Å²) >= 11 is 6.00. The minimum Gasteiger partial charge on any atom is -0.489 e. The Labute approximate surface area is 89.3 Å². The molecule has 1 aromatic rings. The van der Waals surface area contributed by atoms with Crippen molar-refractivity contribution < 1.29 is 4.74 Å². The molecule has 0 amide bonds. The van der Waals surface area contributed by atoms with Gasteiger partial charge in [-0.3, -0.25) is 0 Å². The molecule has 1 nitrogen and oxygen atoms in total. The largest absolute Gasteiger partial charge is 0.489 e. The second-order valence-electron chi connectivity index (χ2n) is 3.49. The summed E-state index contributed by atoms with van der Waals surface area (Å²) in [4.78, 5) is 0. The molecule has 0 unspecified atom stereocenters. The van der Waals surface area contributed by atoms with Crippen molar-refractivity contribution in [2.75, 3.05) is 6.61 Å². The average molecular weight is 209 g/mol. The first-order valence-corrected chi connectivity index (χ1v) is 5.24. The molecule has 0 atom stereocenters. The van der Waals surface area contributed by atoms with Crippen LogP contribution in [0.3, 0.4) is 0 Å². The number of ether oxygens (including phenoxy) is 1. The second kappa shape index (κ2) is 4.05. The van der Waals surface area contributed by atoms with Crippen LogP contribution >= 0.6 is 11.6 Å². The van der Waals surface area contributed by atoms with Crippen LogP contribution in [0.1, 0.15) is 17.5 Å². The lowest BCUT2D eigenvalue weighted by molar-refractivity contribution is 0.359. The summed E-state index contributed by atoms with van der Waals surface area (Å²) in [6.07, 6.45) is 5.20. The molecule has 1 aliphatic rings. The zero-order valence-electron chi connectivity index (χ0n) is 8.05. The fourth-order valence-electron chi connectivity index (χ4n) is 1.91. The Balaban J connectivity index is 2.33. The number of benzene rings is 1. The first kappa shape index (κ1) is 9.60. The summed E-state index contributed by atoms with van der Waals surface area (Å²) in [5.41, 5.74) is 2.67. The van der Waals surface area contributed by atoms with Crippen LogP contribution < -0.4 is 4.74 Å². The van der Waals surface area contributed by atoms with Crippen molar-refractivity contribution in [2.24, 2.45) is 0 Å². The van der Waals surface area contributed by atoms with Crippen molar-refractivity contribution in [3.63, 3.8) is 0 Å². The van der Waals surface area contributed by atoms with E-state index in [0.29, 0.717) is 6.61 Å². The lowest BCUT2D eigenvalue weighted by Crippen LogP contribution is -1.97. The van der Waals surface area contributed by atoms with Crippen LogP contribution in [-0.4, -0.2) is 6.61 Å². The Morgan fingerprint density at radius 3 is 3.07 bits per heavy atom. The zero-order valence-corrected chi connectivity index (χ0v) is 8.81. The molecule has 1 aliphatic carbocycles. The molecule has 0 saturated heterocycles. The first-order valence-electron chi connectivity index (χ1n) is 4.86. The topological polar surface area (TPSA) is 9.23 Å². The molecule has 2 rings (SSSR count). The van der Waals surface area contributed by atoms with Gasteiger partial charge < -0.3 is 4.74 Å². The molecule has 0 aliphatic heterocycles. The van der Waals surface area contributed by atoms with Crippen molar-refractivity contribution in [3.05, 3.63) is 40.9 Å². The summed E-state index contributed by atoms with van der Waals surface area (Å²) in [7, 11) is 0. The Morgan fingerprint density at radius 2 is 2.29 bits per heavy atom. The van der Waals surface area contributed by atoms with Crippen molar-refractivity contribution in [2.45, 2.75) is 19.3 Å². The molecule has 0 fully saturated rings. The maximum Gasteiger partial charge on any atom is 0.124 e. The molecule has 0 saturated carbocycles. The number of hydrogen-bond donors (Lipinski definition) is 0. The van der Waals surface area contributed by atoms with Gasteiger partial charge in [-0.1, -0.05) is 24.3 Å². The molecule has 2 heteroatoms. The minimum absolute atomic E-state index is 0.548. The number of aryl methyl sites for hydroxylation is 1. The highest BCUT2D eigenvalue weighted by atomic mass is 35.5. The van der Waals surface area contributed by atoms with E-state index in [2.05, 4.69) is 6.58 Å². The molecule has 0 radical (unpaired) electrons. The van der Waals surface area contributed by atoms with Gasteiger partial charge in [-0.25, -0.2) is 0 Å². The predicted molar refractivity (Wildman–Crippen MR) is 59.2 cm³/mol. The van der Waals surface area contributed by atoms with Crippen molar-refractivity contribution in [3.8, 4) is 5.75 Å². The van der Waals surface area contributed by atoms with Gasteiger partial charge in [-0.15, -0.1) is 0 Å². The van der Waals surface area contributed by atoms with E-state index in [4.69, 9.17) is 16.3 Å². The predicted octanol–water partition coefficient (Wildman–Crippen LogP) is 3.39. The van der Waals surface area contributed by atoms with Crippen LogP contribution in [0.25, 0.3) is 0 Å². The van der Waals surface area contributed by atoms with Crippen LogP contribution in [-0.2, 0) is 12.8 Å². The van der Waals surface area contributed by atoms with E-state index in [9.17, 15) is 0 Å². The summed E-state index contributed by atoms with van der Waals surface area (Å²) in [6, 6.07) is 3.94. The highest BCUT2D eigenvalue weighted by Crippen LogP contribution is 2.33. The molecular formula is C12H13ClO. The van der Waals surface area contributed by atoms with Crippen LogP contribution in [0.15, 0.2) is 24.8 Å². The molecule has 0 aromatic heterocycles. The highest BCUT2D eigenvalue weighted by Gasteiger charge is 2.16. The molecule has 0 heterocycles. The van der Waals surface area contributed by atoms with Gasteiger partial charge in [0.2, 0.25) is 0 Å². The molecule has 74 valence electrons. The maximum atomic E-state index is 6.00. The SMILES string of the molecule is C=CCOc1cc(Cl)cc2c1CCC2. The van der Waals surface area contributed by atoms with Gasteiger partial charge in [-0.05, 0) is 42.5 Å². The smallest absolute Gasteiger partial charge is 0.124 e. The highest BCUT2D eigenvalue weighted by molar-refractivity contribution is 6.30. The zero-order chi connectivity index (χ0) is 9.97. The van der Waals surface area contributed by atoms with Gasteiger partial charge in [0.15, 0.2) is 0 Å². The molecule has 1 aromatic carbocycles. The van der Waals surface area contributed by atoms with Gasteiger partial charge >= 0.3 is 0 Å². The Kier molecular flexibility index (Phi) is 2.78. The van der Waals surface area contributed by atoms with Crippen molar-refractivity contribution in [1.82, 2.24) is 0 Å². The fourth-order valence-corrected chi connectivity index (χ4v) is 2.14. The molecule has 0 bridgehead atoms. The number of halogens is 1. The Morgan fingerprint density at radius 1 is 1.43 bits per heavy atom. The van der Waals surface area contributed by atoms with Gasteiger partial charge in [0.05, 0.1) is 0 Å². The number of fused-ring (bicyclic) bond motifs is 1. The van der Waals surface area contributed by atoms with Gasteiger partial charge in [0, 0.05) is 5.02 Å². The summed E-state index contributed by atoms with van der Waals surface area (Å²) < 4.78 is 5.58. The summed E-state index contributed by atoms with van der Waals surface area (Å²) in [6.45, 7) is 4.18. The second-order valence-corrected chi connectivity index (χ2v) is 3.93. The van der Waals surface area contributed by atoms with E-state index in [1.807, 2.05) is 12.1 Å². The molecule has 14 heavy (non-hydrogen) atoms. The molecule has 0 spiro atoms. The van der Waals surface area contributed by atoms with E-state index >= 15 is 0 Å². The van der Waals surface area contributed by atoms with Crippen LogP contribution in [0, 0.1) is 0 Å². The molecular weight excluding hydrogens is 196 g/mol. The monoisotopic (exact) mass is 208 g/mol. The third-order valence-electron chi connectivity index (χ3n) is 2.50. The number of rotatable bonds is 3. The van der Waals surface area contributed by atoms with E-state index in [1.165, 1.54) is 17.5 Å². The lowest BCUT2D eigenvalue weighted by atomic mass is 10.1. The average Bonchev–Trinajstić information content (AvgIpc) is 2.61. The van der Waals surface area contributed by atoms with Crippen LogP contribution in [0.5, 0.6) is 5.75 Å². The fraction of sp³-hybridized carbons (Fsp3) is 0.333. The van der Waals surface area contributed by atoms with Crippen LogP contribution in [0.4, 0.5) is 0 Å². The minimum atomic E-state index is 0.548. The third kappa shape index (κ3) is 1.78. The standard InChI is InChI=1S/C12H13ClO/c1-2-6-14-12-8-10(13)7-9-4-3-5-11(9)12/h2,7-8H,1,3-6H2. The first-order chi connectivity index (χ1) is 6.81. The maximum absolute atomic E-state index is 6.00. The van der Waals surface area contributed by atoms with E-state index in [-0.39, 0.29) is 0 Å². The quantitative estimate of drug-likeness (QED) is 0.692. The van der Waals surface area contributed by atoms with Gasteiger partial charge in [0.1, 0.15) is 12.4 Å². The Bertz CT molecular complexity index is 358. The number of hydrogen-bond acceptors (Lipinski definition) is 1. The van der Waals surface area contributed by atoms with Crippen molar-refractivity contribution in [1.29, 1.82) is 0 Å². The van der Waals surface area contributed by atoms with E-state index in [0.717, 1.165) is 23.6 Å². The third-order valence-corrected chi connectivity index (χ3v) is 2.71. The normalized spacial score (nSPS) is 13.8.